The highest BCUT2D eigenvalue weighted by atomic mass is 79.9. The van der Waals surface area contributed by atoms with Crippen molar-refractivity contribution in [2.45, 2.75) is 4.83 Å². The Bertz CT molecular complexity index is 459. The van der Waals surface area contributed by atoms with E-state index in [2.05, 4.69) is 46.8 Å². The molecule has 0 heterocycles. The van der Waals surface area contributed by atoms with Crippen LogP contribution in [0.3, 0.4) is 0 Å². The zero-order valence-electron chi connectivity index (χ0n) is 8.94. The quantitative estimate of drug-likeness (QED) is 0.702. The lowest BCUT2D eigenvalue weighted by Crippen LogP contribution is -1.92. The van der Waals surface area contributed by atoms with Gasteiger partial charge in [0.2, 0.25) is 0 Å². The van der Waals surface area contributed by atoms with E-state index in [1.165, 1.54) is 11.1 Å². The summed E-state index contributed by atoms with van der Waals surface area (Å²) < 4.78 is 0. The topological polar surface area (TPSA) is 0 Å². The third kappa shape index (κ3) is 2.42. The Labute approximate surface area is 105 Å². The van der Waals surface area contributed by atoms with Gasteiger partial charge in [-0.25, -0.2) is 0 Å². The Balaban J connectivity index is 2.24. The van der Waals surface area contributed by atoms with Gasteiger partial charge in [-0.2, -0.15) is 0 Å². The normalized spacial score (nSPS) is 12.1. The summed E-state index contributed by atoms with van der Waals surface area (Å²) in [6.45, 7) is 4.15. The maximum atomic E-state index is 4.15. The summed E-state index contributed by atoms with van der Waals surface area (Å²) in [7, 11) is 0. The first-order valence-electron chi connectivity index (χ1n) is 5.22. The number of alkyl halides is 1. The maximum Gasteiger partial charge on any atom is 0.0644 e. The predicted octanol–water partition coefficient (Wildman–Crippen LogP) is 4.84. The van der Waals surface area contributed by atoms with Crippen molar-refractivity contribution in [3.05, 3.63) is 78.4 Å². The zero-order chi connectivity index (χ0) is 11.4. The molecule has 1 heteroatoms. The molecule has 0 aliphatic heterocycles. The molecule has 2 rings (SSSR count). The van der Waals surface area contributed by atoms with E-state index in [9.17, 15) is 0 Å². The number of allylic oxidation sites excluding steroid dienone is 1. The Morgan fingerprint density at radius 3 is 1.94 bits per heavy atom. The maximum absolute atomic E-state index is 4.15. The standard InChI is InChI=1S/C15H13Br/c1-12(13-8-4-2-5-9-13)15(16)14-10-6-3-7-11-14/h2-11,15H,1H2/t15-/m1/s1. The molecular weight excluding hydrogens is 260 g/mol. The number of halogens is 1. The van der Waals surface area contributed by atoms with E-state index in [1.807, 2.05) is 36.4 Å². The molecule has 0 aliphatic rings. The van der Waals surface area contributed by atoms with Crippen molar-refractivity contribution < 1.29 is 0 Å². The van der Waals surface area contributed by atoms with Gasteiger partial charge < -0.3 is 0 Å². The first-order valence-corrected chi connectivity index (χ1v) is 6.14. The van der Waals surface area contributed by atoms with Gasteiger partial charge in [0.15, 0.2) is 0 Å². The average Bonchev–Trinajstić information content (AvgIpc) is 2.39. The van der Waals surface area contributed by atoms with Gasteiger partial charge in [-0.3, -0.25) is 0 Å². The van der Waals surface area contributed by atoms with E-state index in [4.69, 9.17) is 0 Å². The van der Waals surface area contributed by atoms with Crippen LogP contribution in [0.1, 0.15) is 16.0 Å². The average molecular weight is 273 g/mol. The minimum Gasteiger partial charge on any atom is -0.0938 e. The fourth-order valence-electron chi connectivity index (χ4n) is 1.62. The number of hydrogen-bond acceptors (Lipinski definition) is 0. The SMILES string of the molecule is C=C(c1ccccc1)[C@@H](Br)c1ccccc1. The summed E-state index contributed by atoms with van der Waals surface area (Å²) in [5.41, 5.74) is 3.50. The van der Waals surface area contributed by atoms with Crippen LogP contribution in [0.5, 0.6) is 0 Å². The molecule has 2 aromatic rings. The van der Waals surface area contributed by atoms with Crippen molar-refractivity contribution in [3.63, 3.8) is 0 Å². The number of rotatable bonds is 3. The minimum atomic E-state index is 0.177. The molecule has 0 unspecified atom stereocenters. The molecule has 0 bridgehead atoms. The molecular formula is C15H13Br. The molecule has 0 saturated heterocycles. The van der Waals surface area contributed by atoms with Crippen molar-refractivity contribution in [2.24, 2.45) is 0 Å². The molecule has 1 atom stereocenters. The monoisotopic (exact) mass is 272 g/mol. The summed E-state index contributed by atoms with van der Waals surface area (Å²) in [5, 5.41) is 0. The van der Waals surface area contributed by atoms with Crippen LogP contribution in [0, 0.1) is 0 Å². The van der Waals surface area contributed by atoms with Gasteiger partial charge in [0.25, 0.3) is 0 Å². The fourth-order valence-corrected chi connectivity index (χ4v) is 2.19. The summed E-state index contributed by atoms with van der Waals surface area (Å²) in [6.07, 6.45) is 0. The lowest BCUT2D eigenvalue weighted by atomic mass is 10.00. The van der Waals surface area contributed by atoms with Gasteiger partial charge in [-0.05, 0) is 16.7 Å². The van der Waals surface area contributed by atoms with E-state index >= 15 is 0 Å². The van der Waals surface area contributed by atoms with E-state index in [-0.39, 0.29) is 4.83 Å². The van der Waals surface area contributed by atoms with E-state index in [1.54, 1.807) is 0 Å². The highest BCUT2D eigenvalue weighted by molar-refractivity contribution is 9.09. The summed E-state index contributed by atoms with van der Waals surface area (Å²) in [5.74, 6) is 0. The Morgan fingerprint density at radius 1 is 0.875 bits per heavy atom. The first-order chi connectivity index (χ1) is 7.79. The van der Waals surface area contributed by atoms with Crippen molar-refractivity contribution >= 4 is 21.5 Å². The molecule has 0 aliphatic carbocycles. The van der Waals surface area contributed by atoms with Gasteiger partial charge in [-0.1, -0.05) is 83.2 Å². The first kappa shape index (κ1) is 11.2. The van der Waals surface area contributed by atoms with Crippen molar-refractivity contribution in [1.29, 1.82) is 0 Å². The third-order valence-corrected chi connectivity index (χ3v) is 3.62. The Morgan fingerprint density at radius 2 is 1.38 bits per heavy atom. The summed E-state index contributed by atoms with van der Waals surface area (Å²) in [4.78, 5) is 0.177. The molecule has 0 spiro atoms. The van der Waals surface area contributed by atoms with Gasteiger partial charge >= 0.3 is 0 Å². The van der Waals surface area contributed by atoms with Crippen LogP contribution in [-0.4, -0.2) is 0 Å². The van der Waals surface area contributed by atoms with Gasteiger partial charge in [0.05, 0.1) is 4.83 Å². The van der Waals surface area contributed by atoms with Gasteiger partial charge in [0.1, 0.15) is 0 Å². The minimum absolute atomic E-state index is 0.177. The second-order valence-corrected chi connectivity index (χ2v) is 4.58. The van der Waals surface area contributed by atoms with Crippen LogP contribution in [0.25, 0.3) is 5.57 Å². The molecule has 0 N–H and O–H groups in total. The molecule has 0 fully saturated rings. The molecule has 0 saturated carbocycles. The molecule has 80 valence electrons. The molecule has 16 heavy (non-hydrogen) atoms. The van der Waals surface area contributed by atoms with Crippen LogP contribution in [-0.2, 0) is 0 Å². The van der Waals surface area contributed by atoms with Crippen molar-refractivity contribution in [3.8, 4) is 0 Å². The smallest absolute Gasteiger partial charge is 0.0644 e. The highest BCUT2D eigenvalue weighted by Gasteiger charge is 2.11. The molecule has 0 aromatic heterocycles. The molecule has 0 radical (unpaired) electrons. The van der Waals surface area contributed by atoms with E-state index in [0.717, 1.165) is 5.57 Å². The van der Waals surface area contributed by atoms with Crippen molar-refractivity contribution in [1.82, 2.24) is 0 Å². The fraction of sp³-hybridized carbons (Fsp3) is 0.0667. The third-order valence-electron chi connectivity index (χ3n) is 2.54. The second kappa shape index (κ2) is 5.13. The zero-order valence-corrected chi connectivity index (χ0v) is 10.5. The van der Waals surface area contributed by atoms with Crippen LogP contribution in [0.15, 0.2) is 67.2 Å². The van der Waals surface area contributed by atoms with Crippen LogP contribution >= 0.6 is 15.9 Å². The highest BCUT2D eigenvalue weighted by Crippen LogP contribution is 2.35. The lowest BCUT2D eigenvalue weighted by molar-refractivity contribution is 1.27. The number of benzene rings is 2. The second-order valence-electron chi connectivity index (χ2n) is 3.66. The number of hydrogen-bond donors (Lipinski definition) is 0. The van der Waals surface area contributed by atoms with Gasteiger partial charge in [0, 0.05) is 0 Å². The largest absolute Gasteiger partial charge is 0.0938 e. The lowest BCUT2D eigenvalue weighted by Gasteiger charge is -2.13. The Hall–Kier alpha value is -1.34. The van der Waals surface area contributed by atoms with Crippen LogP contribution < -0.4 is 0 Å². The van der Waals surface area contributed by atoms with Crippen LogP contribution in [0.2, 0.25) is 0 Å². The Kier molecular flexibility index (Phi) is 3.58. The molecule has 2 aromatic carbocycles. The summed E-state index contributed by atoms with van der Waals surface area (Å²) in [6, 6.07) is 20.6. The van der Waals surface area contributed by atoms with E-state index < -0.39 is 0 Å². The van der Waals surface area contributed by atoms with Gasteiger partial charge in [-0.15, -0.1) is 0 Å². The summed E-state index contributed by atoms with van der Waals surface area (Å²) >= 11 is 3.69. The molecule has 0 amide bonds. The molecule has 0 nitrogen and oxygen atoms in total. The predicted molar refractivity (Wildman–Crippen MR) is 73.6 cm³/mol. The van der Waals surface area contributed by atoms with E-state index in [0.29, 0.717) is 0 Å². The van der Waals surface area contributed by atoms with Crippen LogP contribution in [0.4, 0.5) is 0 Å². The van der Waals surface area contributed by atoms with Crippen molar-refractivity contribution in [2.75, 3.05) is 0 Å².